The number of hydrogen-bond acceptors (Lipinski definition) is 3. The minimum Gasteiger partial charge on any atom is -0.480 e. The molecule has 114 valence electrons. The van der Waals surface area contributed by atoms with Crippen LogP contribution in [0, 0.1) is 11.8 Å². The highest BCUT2D eigenvalue weighted by atomic mass is 16.4. The molecule has 0 aromatic rings. The number of carbonyl (C=O) groups excluding carboxylic acids is 2. The number of primary amides is 1. The van der Waals surface area contributed by atoms with Gasteiger partial charge in [-0.2, -0.15) is 0 Å². The number of rotatable bonds is 5. The number of piperidine rings is 1. The van der Waals surface area contributed by atoms with Crippen molar-refractivity contribution in [3.63, 3.8) is 0 Å². The lowest BCUT2D eigenvalue weighted by atomic mass is 9.89. The molecule has 1 saturated heterocycles. The minimum absolute atomic E-state index is 0.0101. The summed E-state index contributed by atoms with van der Waals surface area (Å²) in [5.74, 6) is -0.781. The number of amides is 3. The van der Waals surface area contributed by atoms with Crippen LogP contribution in [0.1, 0.15) is 33.1 Å². The van der Waals surface area contributed by atoms with Crippen LogP contribution in [0.25, 0.3) is 0 Å². The van der Waals surface area contributed by atoms with Gasteiger partial charge in [-0.25, -0.2) is 9.59 Å². The molecule has 1 aliphatic heterocycles. The van der Waals surface area contributed by atoms with Crippen LogP contribution in [-0.4, -0.2) is 47.0 Å². The number of hydrogen-bond donors (Lipinski definition) is 3. The molecule has 7 heteroatoms. The maximum atomic E-state index is 12.0. The van der Waals surface area contributed by atoms with Crippen molar-refractivity contribution in [3.05, 3.63) is 0 Å². The van der Waals surface area contributed by atoms with E-state index in [0.29, 0.717) is 24.9 Å². The minimum atomic E-state index is -1.15. The first kappa shape index (κ1) is 16.3. The molecule has 1 aliphatic rings. The zero-order valence-corrected chi connectivity index (χ0v) is 12.0. The van der Waals surface area contributed by atoms with Gasteiger partial charge in [-0.15, -0.1) is 0 Å². The number of nitrogens with zero attached hydrogens (tertiary/aromatic N) is 1. The molecule has 4 N–H and O–H groups in total. The molecule has 0 radical (unpaired) electrons. The van der Waals surface area contributed by atoms with Crippen LogP contribution in [-0.2, 0) is 9.59 Å². The standard InChI is InChI=1S/C13H23N3O4/c1-8-5-6-16(7-9(8)2)13(20)15-10(12(18)19)3-4-11(14)17/h8-10H,3-7H2,1-2H3,(H2,14,17)(H,15,20)(H,18,19). The van der Waals surface area contributed by atoms with Crippen LogP contribution in [0.15, 0.2) is 0 Å². The van der Waals surface area contributed by atoms with Gasteiger partial charge in [0.05, 0.1) is 0 Å². The number of urea groups is 1. The Balaban J connectivity index is 2.53. The number of carboxylic acids is 1. The van der Waals surface area contributed by atoms with Gasteiger partial charge in [0.1, 0.15) is 6.04 Å². The average molecular weight is 285 g/mol. The van der Waals surface area contributed by atoms with Gasteiger partial charge in [-0.3, -0.25) is 4.79 Å². The highest BCUT2D eigenvalue weighted by Crippen LogP contribution is 2.22. The maximum absolute atomic E-state index is 12.0. The lowest BCUT2D eigenvalue weighted by Crippen LogP contribution is -2.51. The lowest BCUT2D eigenvalue weighted by Gasteiger charge is -2.35. The number of nitrogens with two attached hydrogens (primary N) is 1. The van der Waals surface area contributed by atoms with Gasteiger partial charge in [-0.05, 0) is 24.7 Å². The number of carbonyl (C=O) groups is 3. The van der Waals surface area contributed by atoms with Gasteiger partial charge < -0.3 is 21.1 Å². The van der Waals surface area contributed by atoms with Gasteiger partial charge in [0.2, 0.25) is 5.91 Å². The van der Waals surface area contributed by atoms with Crippen molar-refractivity contribution in [1.29, 1.82) is 0 Å². The number of nitrogens with one attached hydrogen (secondary N) is 1. The van der Waals surface area contributed by atoms with Crippen LogP contribution >= 0.6 is 0 Å². The molecule has 1 fully saturated rings. The van der Waals surface area contributed by atoms with E-state index in [9.17, 15) is 14.4 Å². The summed E-state index contributed by atoms with van der Waals surface area (Å²) >= 11 is 0. The highest BCUT2D eigenvalue weighted by Gasteiger charge is 2.28. The largest absolute Gasteiger partial charge is 0.480 e. The fourth-order valence-corrected chi connectivity index (χ4v) is 2.23. The molecule has 3 amide bonds. The summed E-state index contributed by atoms with van der Waals surface area (Å²) in [6.07, 6.45) is 0.856. The topological polar surface area (TPSA) is 113 Å². The predicted molar refractivity (Wildman–Crippen MR) is 72.9 cm³/mol. The van der Waals surface area contributed by atoms with Crippen LogP contribution in [0.3, 0.4) is 0 Å². The summed E-state index contributed by atoms with van der Waals surface area (Å²) < 4.78 is 0. The Morgan fingerprint density at radius 1 is 1.35 bits per heavy atom. The van der Waals surface area contributed by atoms with E-state index >= 15 is 0 Å². The maximum Gasteiger partial charge on any atom is 0.326 e. The Kier molecular flexibility index (Phi) is 5.79. The number of aliphatic carboxylic acids is 1. The van der Waals surface area contributed by atoms with E-state index in [4.69, 9.17) is 10.8 Å². The van der Waals surface area contributed by atoms with Crippen molar-refractivity contribution in [2.24, 2.45) is 17.6 Å². The van der Waals surface area contributed by atoms with Gasteiger partial charge in [0, 0.05) is 19.5 Å². The molecule has 20 heavy (non-hydrogen) atoms. The van der Waals surface area contributed by atoms with Gasteiger partial charge in [0.15, 0.2) is 0 Å². The third-order valence-electron chi connectivity index (χ3n) is 3.90. The third kappa shape index (κ3) is 4.71. The molecule has 1 heterocycles. The monoisotopic (exact) mass is 285 g/mol. The first-order chi connectivity index (χ1) is 9.31. The summed E-state index contributed by atoms with van der Waals surface area (Å²) in [4.78, 5) is 35.4. The summed E-state index contributed by atoms with van der Waals surface area (Å²) in [5.41, 5.74) is 4.99. The number of likely N-dealkylation sites (tertiary alicyclic amines) is 1. The fourth-order valence-electron chi connectivity index (χ4n) is 2.23. The summed E-state index contributed by atoms with van der Waals surface area (Å²) in [6, 6.07) is -1.47. The quantitative estimate of drug-likeness (QED) is 0.678. The second kappa shape index (κ2) is 7.12. The zero-order valence-electron chi connectivity index (χ0n) is 12.0. The summed E-state index contributed by atoms with van der Waals surface area (Å²) in [7, 11) is 0. The van der Waals surface area contributed by atoms with Crippen molar-refractivity contribution < 1.29 is 19.5 Å². The van der Waals surface area contributed by atoms with Gasteiger partial charge in [0.25, 0.3) is 0 Å². The second-order valence-corrected chi connectivity index (χ2v) is 5.53. The molecular formula is C13H23N3O4. The molecule has 7 nitrogen and oxygen atoms in total. The first-order valence-corrected chi connectivity index (χ1v) is 6.87. The van der Waals surface area contributed by atoms with E-state index in [0.717, 1.165) is 6.42 Å². The Hall–Kier alpha value is -1.79. The van der Waals surface area contributed by atoms with Crippen LogP contribution < -0.4 is 11.1 Å². The smallest absolute Gasteiger partial charge is 0.326 e. The third-order valence-corrected chi connectivity index (χ3v) is 3.90. The van der Waals surface area contributed by atoms with Crippen LogP contribution in [0.5, 0.6) is 0 Å². The van der Waals surface area contributed by atoms with Crippen molar-refractivity contribution in [2.75, 3.05) is 13.1 Å². The van der Waals surface area contributed by atoms with Gasteiger partial charge in [-0.1, -0.05) is 13.8 Å². The molecule has 0 bridgehead atoms. The molecule has 3 unspecified atom stereocenters. The van der Waals surface area contributed by atoms with Crippen molar-refractivity contribution in [3.8, 4) is 0 Å². The normalized spacial score (nSPS) is 24.0. The molecule has 0 spiro atoms. The molecule has 0 aliphatic carbocycles. The predicted octanol–water partition coefficient (Wildman–Crippen LogP) is 0.393. The van der Waals surface area contributed by atoms with E-state index in [1.807, 2.05) is 0 Å². The SMILES string of the molecule is CC1CCN(C(=O)NC(CCC(N)=O)C(=O)O)CC1C. The zero-order chi connectivity index (χ0) is 15.3. The van der Waals surface area contributed by atoms with Gasteiger partial charge >= 0.3 is 12.0 Å². The Bertz CT molecular complexity index is 386. The first-order valence-electron chi connectivity index (χ1n) is 6.87. The van der Waals surface area contributed by atoms with Crippen LogP contribution in [0.2, 0.25) is 0 Å². The van der Waals surface area contributed by atoms with E-state index < -0.39 is 17.9 Å². The Labute approximate surface area is 118 Å². The fraction of sp³-hybridized carbons (Fsp3) is 0.769. The summed E-state index contributed by atoms with van der Waals surface area (Å²) in [6.45, 7) is 5.47. The molecule has 1 rings (SSSR count). The molecule has 0 aromatic carbocycles. The van der Waals surface area contributed by atoms with Crippen molar-refractivity contribution >= 4 is 17.9 Å². The number of carboxylic acid groups (broad SMARTS) is 1. The molecular weight excluding hydrogens is 262 g/mol. The van der Waals surface area contributed by atoms with Crippen molar-refractivity contribution in [1.82, 2.24) is 10.2 Å². The van der Waals surface area contributed by atoms with E-state index in [2.05, 4.69) is 19.2 Å². The Morgan fingerprint density at radius 2 is 2.00 bits per heavy atom. The molecule has 0 aromatic heterocycles. The van der Waals surface area contributed by atoms with Crippen molar-refractivity contribution in [2.45, 2.75) is 39.2 Å². The van der Waals surface area contributed by atoms with E-state index in [1.165, 1.54) is 0 Å². The highest BCUT2D eigenvalue weighted by molar-refractivity contribution is 5.83. The lowest BCUT2D eigenvalue weighted by molar-refractivity contribution is -0.139. The molecule has 0 saturated carbocycles. The van der Waals surface area contributed by atoms with Crippen LogP contribution in [0.4, 0.5) is 4.79 Å². The molecule has 3 atom stereocenters. The average Bonchev–Trinajstić information content (AvgIpc) is 2.36. The second-order valence-electron chi connectivity index (χ2n) is 5.53. The van der Waals surface area contributed by atoms with E-state index in [1.54, 1.807) is 4.90 Å². The summed E-state index contributed by atoms with van der Waals surface area (Å²) in [5, 5.41) is 11.5. The Morgan fingerprint density at radius 3 is 2.50 bits per heavy atom. The van der Waals surface area contributed by atoms with E-state index in [-0.39, 0.29) is 18.9 Å².